The highest BCUT2D eigenvalue weighted by Crippen LogP contribution is 2.29. The topological polar surface area (TPSA) is 44.8 Å². The van der Waals surface area contributed by atoms with E-state index in [9.17, 15) is 9.18 Å². The Balaban J connectivity index is 1.62. The Labute approximate surface area is 155 Å². The second kappa shape index (κ2) is 8.71. The Morgan fingerprint density at radius 3 is 2.81 bits per heavy atom. The number of hydrogen-bond acceptors (Lipinski definition) is 3. The number of ether oxygens (including phenoxy) is 1. The lowest BCUT2D eigenvalue weighted by atomic mass is 9.94. The number of hydrogen-bond donors (Lipinski definition) is 1. The lowest BCUT2D eigenvalue weighted by Crippen LogP contribution is -2.47. The van der Waals surface area contributed by atoms with Crippen molar-refractivity contribution in [2.45, 2.75) is 57.6 Å². The average molecular weight is 363 g/mol. The van der Waals surface area contributed by atoms with Crippen molar-refractivity contribution in [2.24, 2.45) is 0 Å². The number of carbonyl (C=O) groups is 1. The highest BCUT2D eigenvalue weighted by Gasteiger charge is 2.24. The van der Waals surface area contributed by atoms with Crippen LogP contribution in [0.2, 0.25) is 0 Å². The molecule has 0 aromatic heterocycles. The number of benzene rings is 1. The van der Waals surface area contributed by atoms with E-state index in [-0.39, 0.29) is 18.0 Å². The lowest BCUT2D eigenvalue weighted by molar-refractivity contribution is -0.0134. The van der Waals surface area contributed by atoms with Crippen LogP contribution in [-0.2, 0) is 4.74 Å². The van der Waals surface area contributed by atoms with E-state index < -0.39 is 0 Å². The van der Waals surface area contributed by atoms with Gasteiger partial charge in [0, 0.05) is 31.9 Å². The number of anilines is 2. The van der Waals surface area contributed by atoms with E-state index in [0.29, 0.717) is 37.1 Å². The Hall–Kier alpha value is -1.82. The maximum Gasteiger partial charge on any atom is 0.322 e. The van der Waals surface area contributed by atoms with Crippen LogP contribution in [-0.4, -0.2) is 49.8 Å². The van der Waals surface area contributed by atoms with Gasteiger partial charge in [-0.1, -0.05) is 26.2 Å². The van der Waals surface area contributed by atoms with Crippen molar-refractivity contribution < 1.29 is 13.9 Å². The minimum absolute atomic E-state index is 0.0813. The Kier molecular flexibility index (Phi) is 6.35. The summed E-state index contributed by atoms with van der Waals surface area (Å²) in [5, 5.41) is 2.82. The molecule has 2 aliphatic rings. The predicted molar refractivity (Wildman–Crippen MR) is 102 cm³/mol. The fourth-order valence-electron chi connectivity index (χ4n) is 3.89. The van der Waals surface area contributed by atoms with Gasteiger partial charge in [-0.15, -0.1) is 0 Å². The minimum atomic E-state index is -0.288. The number of rotatable bonds is 4. The van der Waals surface area contributed by atoms with Crippen LogP contribution in [0.1, 0.15) is 45.4 Å². The largest absolute Gasteiger partial charge is 0.375 e. The van der Waals surface area contributed by atoms with Gasteiger partial charge in [-0.2, -0.15) is 0 Å². The normalized spacial score (nSPS) is 21.5. The summed E-state index contributed by atoms with van der Waals surface area (Å²) >= 11 is 0. The van der Waals surface area contributed by atoms with Gasteiger partial charge in [0.25, 0.3) is 0 Å². The minimum Gasteiger partial charge on any atom is -0.375 e. The lowest BCUT2D eigenvalue weighted by Gasteiger charge is -2.33. The molecule has 1 saturated carbocycles. The first-order valence-electron chi connectivity index (χ1n) is 9.78. The summed E-state index contributed by atoms with van der Waals surface area (Å²) in [4.78, 5) is 16.2. The standard InChI is InChI=1S/C20H30FN3O2/c1-3-17-14-24(11-12-26-17)20(25)22-15-9-10-19(18(21)13-15)23(2)16-7-5-4-6-8-16/h9-10,13,16-17H,3-8,11-12,14H2,1-2H3,(H,22,25)/t17-/m0/s1. The molecule has 0 bridgehead atoms. The second-order valence-corrected chi connectivity index (χ2v) is 7.35. The highest BCUT2D eigenvalue weighted by atomic mass is 19.1. The van der Waals surface area contributed by atoms with Crippen LogP contribution in [0.4, 0.5) is 20.6 Å². The molecule has 26 heavy (non-hydrogen) atoms. The van der Waals surface area contributed by atoms with Gasteiger partial charge in [-0.05, 0) is 37.5 Å². The van der Waals surface area contributed by atoms with Gasteiger partial charge in [0.15, 0.2) is 0 Å². The number of nitrogens with zero attached hydrogens (tertiary/aromatic N) is 2. The van der Waals surface area contributed by atoms with E-state index >= 15 is 0 Å². The molecule has 3 rings (SSSR count). The van der Waals surface area contributed by atoms with Crippen molar-refractivity contribution in [3.8, 4) is 0 Å². The Morgan fingerprint density at radius 2 is 2.12 bits per heavy atom. The number of morpholine rings is 1. The van der Waals surface area contributed by atoms with E-state index in [0.717, 1.165) is 19.3 Å². The SMILES string of the molecule is CC[C@H]1CN(C(=O)Nc2ccc(N(C)C3CCCCC3)c(F)c2)CCO1. The molecule has 0 unspecified atom stereocenters. The van der Waals surface area contributed by atoms with Crippen molar-refractivity contribution in [3.63, 3.8) is 0 Å². The molecule has 2 amide bonds. The van der Waals surface area contributed by atoms with Crippen molar-refractivity contribution in [1.82, 2.24) is 4.90 Å². The van der Waals surface area contributed by atoms with Crippen LogP contribution in [0, 0.1) is 5.82 Å². The summed E-state index contributed by atoms with van der Waals surface area (Å²) in [6, 6.07) is 5.18. The van der Waals surface area contributed by atoms with Crippen LogP contribution in [0.15, 0.2) is 18.2 Å². The molecule has 1 aromatic carbocycles. The summed E-state index contributed by atoms with van der Waals surface area (Å²) in [6.07, 6.45) is 6.89. The van der Waals surface area contributed by atoms with Gasteiger partial charge in [-0.3, -0.25) is 0 Å². The molecule has 5 nitrogen and oxygen atoms in total. The Morgan fingerprint density at radius 1 is 1.35 bits per heavy atom. The number of carbonyl (C=O) groups excluding carboxylic acids is 1. The van der Waals surface area contributed by atoms with Crippen LogP contribution in [0.3, 0.4) is 0 Å². The third-order valence-corrected chi connectivity index (χ3v) is 5.58. The molecule has 1 saturated heterocycles. The van der Waals surface area contributed by atoms with Gasteiger partial charge in [-0.25, -0.2) is 9.18 Å². The second-order valence-electron chi connectivity index (χ2n) is 7.35. The van der Waals surface area contributed by atoms with Gasteiger partial charge in [0.05, 0.1) is 18.4 Å². The van der Waals surface area contributed by atoms with Crippen LogP contribution < -0.4 is 10.2 Å². The predicted octanol–water partition coefficient (Wildman–Crippen LogP) is 4.24. The highest BCUT2D eigenvalue weighted by molar-refractivity contribution is 5.89. The van der Waals surface area contributed by atoms with Gasteiger partial charge in [0.2, 0.25) is 0 Å². The third kappa shape index (κ3) is 4.47. The summed E-state index contributed by atoms with van der Waals surface area (Å²) in [5.41, 5.74) is 1.10. The van der Waals surface area contributed by atoms with Crippen molar-refractivity contribution in [3.05, 3.63) is 24.0 Å². The maximum atomic E-state index is 14.6. The first-order valence-corrected chi connectivity index (χ1v) is 9.78. The molecule has 0 radical (unpaired) electrons. The quantitative estimate of drug-likeness (QED) is 0.870. The number of nitrogens with one attached hydrogen (secondary N) is 1. The van der Waals surface area contributed by atoms with Crippen LogP contribution >= 0.6 is 0 Å². The van der Waals surface area contributed by atoms with Crippen molar-refractivity contribution in [2.75, 3.05) is 37.0 Å². The van der Waals surface area contributed by atoms with E-state index in [4.69, 9.17) is 4.74 Å². The molecule has 1 heterocycles. The molecule has 1 aliphatic carbocycles. The van der Waals surface area contributed by atoms with Crippen LogP contribution in [0.5, 0.6) is 0 Å². The zero-order valence-corrected chi connectivity index (χ0v) is 15.8. The van der Waals surface area contributed by atoms with Gasteiger partial charge < -0.3 is 19.9 Å². The molecule has 1 aliphatic heterocycles. The van der Waals surface area contributed by atoms with E-state index in [1.54, 1.807) is 17.0 Å². The van der Waals surface area contributed by atoms with Crippen LogP contribution in [0.25, 0.3) is 0 Å². The molecule has 1 aromatic rings. The monoisotopic (exact) mass is 363 g/mol. The smallest absolute Gasteiger partial charge is 0.322 e. The summed E-state index contributed by atoms with van der Waals surface area (Å²) in [5.74, 6) is -0.288. The van der Waals surface area contributed by atoms with E-state index in [2.05, 4.69) is 5.32 Å². The van der Waals surface area contributed by atoms with Crippen molar-refractivity contribution in [1.29, 1.82) is 0 Å². The summed E-state index contributed by atoms with van der Waals surface area (Å²) in [6.45, 7) is 3.73. The summed E-state index contributed by atoms with van der Waals surface area (Å²) in [7, 11) is 1.96. The Bertz CT molecular complexity index is 619. The number of amides is 2. The van der Waals surface area contributed by atoms with Crippen molar-refractivity contribution >= 4 is 17.4 Å². The van der Waals surface area contributed by atoms with Gasteiger partial charge >= 0.3 is 6.03 Å². The molecule has 1 atom stereocenters. The zero-order chi connectivity index (χ0) is 18.5. The number of halogens is 1. The zero-order valence-electron chi connectivity index (χ0n) is 15.8. The number of urea groups is 1. The molecule has 0 spiro atoms. The molecule has 1 N–H and O–H groups in total. The third-order valence-electron chi connectivity index (χ3n) is 5.58. The molecule has 6 heteroatoms. The first kappa shape index (κ1) is 19.0. The van der Waals surface area contributed by atoms with E-state index in [1.807, 2.05) is 18.9 Å². The molecular formula is C20H30FN3O2. The molecule has 144 valence electrons. The first-order chi connectivity index (χ1) is 12.6. The van der Waals surface area contributed by atoms with E-state index in [1.165, 1.54) is 25.3 Å². The molecular weight excluding hydrogens is 333 g/mol. The van der Waals surface area contributed by atoms with Gasteiger partial charge in [0.1, 0.15) is 5.82 Å². The average Bonchev–Trinajstić information content (AvgIpc) is 2.68. The fourth-order valence-corrected chi connectivity index (χ4v) is 3.89. The molecule has 2 fully saturated rings. The summed E-state index contributed by atoms with van der Waals surface area (Å²) < 4.78 is 20.2. The fraction of sp³-hybridized carbons (Fsp3) is 0.650. The maximum absolute atomic E-state index is 14.6.